The zero-order valence-corrected chi connectivity index (χ0v) is 32.4. The number of pyridine rings is 1. The molecule has 61 heavy (non-hydrogen) atoms. The summed E-state index contributed by atoms with van der Waals surface area (Å²) in [4.78, 5) is 9.06. The van der Waals surface area contributed by atoms with E-state index in [1.807, 2.05) is 79.1 Å². The number of furan rings is 1. The van der Waals surface area contributed by atoms with Crippen molar-refractivity contribution in [1.82, 2.24) is 14.1 Å². The first kappa shape index (κ1) is 33.3. The summed E-state index contributed by atoms with van der Waals surface area (Å²) in [6.45, 7) is 9.19. The largest absolute Gasteiger partial charge is 0.456 e. The van der Waals surface area contributed by atoms with Crippen molar-refractivity contribution >= 4 is 92.8 Å². The van der Waals surface area contributed by atoms with Crippen LogP contribution in [0, 0.1) is 17.9 Å². The fraction of sp³-hybridized carbons (Fsp3) is 0. The molecule has 0 aliphatic carbocycles. The first-order valence-electron chi connectivity index (χ1n) is 20.2. The third kappa shape index (κ3) is 4.35. The van der Waals surface area contributed by atoms with Gasteiger partial charge >= 0.3 is 0 Å². The molecule has 0 aliphatic rings. The summed E-state index contributed by atoms with van der Waals surface area (Å²) in [5.41, 5.74) is 10.6. The van der Waals surface area contributed by atoms with E-state index < -0.39 is 0 Å². The molecule has 13 rings (SSSR count). The molecular formula is C55H29N5O. The normalized spacial score (nSPS) is 11.9. The van der Waals surface area contributed by atoms with E-state index in [-0.39, 0.29) is 0 Å². The van der Waals surface area contributed by atoms with Crippen molar-refractivity contribution < 1.29 is 4.42 Å². The first-order chi connectivity index (χ1) is 30.2. The van der Waals surface area contributed by atoms with Gasteiger partial charge < -0.3 is 13.6 Å². The minimum absolute atomic E-state index is 0.401. The Morgan fingerprint density at radius 3 is 1.84 bits per heavy atom. The Morgan fingerprint density at radius 2 is 1.11 bits per heavy atom. The average molecular weight is 776 g/mol. The number of hydrogen-bond donors (Lipinski definition) is 0. The summed E-state index contributed by atoms with van der Waals surface area (Å²) in [7, 11) is 0. The number of para-hydroxylation sites is 2. The number of fused-ring (bicyclic) bond motifs is 10. The lowest BCUT2D eigenvalue weighted by Gasteiger charge is -2.26. The molecule has 4 aromatic heterocycles. The van der Waals surface area contributed by atoms with E-state index in [0.717, 1.165) is 104 Å². The predicted octanol–water partition coefficient (Wildman–Crippen LogP) is 14.7. The van der Waals surface area contributed by atoms with Crippen LogP contribution in [0.1, 0.15) is 5.56 Å². The summed E-state index contributed by atoms with van der Waals surface area (Å²) in [6.07, 6.45) is 3.81. The van der Waals surface area contributed by atoms with Crippen molar-refractivity contribution in [2.24, 2.45) is 0 Å². The van der Waals surface area contributed by atoms with Gasteiger partial charge in [-0.25, -0.2) is 4.85 Å². The summed E-state index contributed by atoms with van der Waals surface area (Å²) in [5.74, 6) is 0. The van der Waals surface area contributed by atoms with E-state index in [1.165, 1.54) is 0 Å². The fourth-order valence-electron chi connectivity index (χ4n) is 10.3. The van der Waals surface area contributed by atoms with Gasteiger partial charge in [0, 0.05) is 55.8 Å². The monoisotopic (exact) mass is 775 g/mol. The van der Waals surface area contributed by atoms with Gasteiger partial charge in [-0.15, -0.1) is 0 Å². The van der Waals surface area contributed by atoms with Gasteiger partial charge in [0.25, 0.3) is 0 Å². The zero-order chi connectivity index (χ0) is 40.3. The van der Waals surface area contributed by atoms with Crippen LogP contribution in [0.5, 0.6) is 0 Å². The summed E-state index contributed by atoms with van der Waals surface area (Å²) >= 11 is 0. The van der Waals surface area contributed by atoms with E-state index in [2.05, 4.69) is 122 Å². The number of rotatable bonds is 4. The maximum absolute atomic E-state index is 11.8. The molecule has 6 nitrogen and oxygen atoms in total. The zero-order valence-electron chi connectivity index (χ0n) is 32.4. The molecule has 0 saturated carbocycles. The van der Waals surface area contributed by atoms with E-state index in [9.17, 15) is 11.8 Å². The van der Waals surface area contributed by atoms with Gasteiger partial charge in [-0.05, 0) is 69.8 Å². The standard InChI is InChI=1S/C55H29N5O/c1-57-52-47(32-14-4-2-5-15-32)40(30-56)54(60-42-22-10-8-18-35(42)38-26-27-46-51(53(38)60)39-19-9-11-25-45(39)61-46)48(33-16-6-3-7-17-33)55(52)59-43-23-12-20-36-34-28-29-58-31-41(34)37-21-13-24-44(59)50(37)49(36)43/h2-29,31H. The summed E-state index contributed by atoms with van der Waals surface area (Å²) in [5, 5.41) is 22.5. The smallest absolute Gasteiger partial charge is 0.220 e. The molecular weight excluding hydrogens is 747 g/mol. The second-order valence-electron chi connectivity index (χ2n) is 15.6. The predicted molar refractivity (Wildman–Crippen MR) is 248 cm³/mol. The maximum Gasteiger partial charge on any atom is 0.220 e. The minimum Gasteiger partial charge on any atom is -0.456 e. The number of hydrogen-bond acceptors (Lipinski definition) is 3. The van der Waals surface area contributed by atoms with Crippen LogP contribution >= 0.6 is 0 Å². The van der Waals surface area contributed by atoms with E-state index in [1.54, 1.807) is 0 Å². The molecule has 280 valence electrons. The molecule has 0 radical (unpaired) electrons. The van der Waals surface area contributed by atoms with Crippen molar-refractivity contribution in [3.8, 4) is 39.7 Å². The van der Waals surface area contributed by atoms with Crippen LogP contribution in [0.2, 0.25) is 0 Å². The van der Waals surface area contributed by atoms with Crippen molar-refractivity contribution in [1.29, 1.82) is 5.26 Å². The molecule has 9 aromatic carbocycles. The summed E-state index contributed by atoms with van der Waals surface area (Å²) in [6, 6.07) is 58.7. The second-order valence-corrected chi connectivity index (χ2v) is 15.6. The molecule has 0 fully saturated rings. The molecule has 0 amide bonds. The highest BCUT2D eigenvalue weighted by Crippen LogP contribution is 2.54. The molecule has 0 bridgehead atoms. The van der Waals surface area contributed by atoms with E-state index in [0.29, 0.717) is 28.2 Å². The van der Waals surface area contributed by atoms with Gasteiger partial charge in [-0.2, -0.15) is 5.26 Å². The van der Waals surface area contributed by atoms with Gasteiger partial charge in [0.15, 0.2) is 0 Å². The van der Waals surface area contributed by atoms with Gasteiger partial charge in [-0.3, -0.25) is 4.98 Å². The van der Waals surface area contributed by atoms with Gasteiger partial charge in [0.2, 0.25) is 5.69 Å². The molecule has 0 saturated heterocycles. The van der Waals surface area contributed by atoms with Crippen LogP contribution in [0.25, 0.3) is 126 Å². The lowest BCUT2D eigenvalue weighted by Crippen LogP contribution is -2.08. The van der Waals surface area contributed by atoms with Gasteiger partial charge in [0.1, 0.15) is 17.2 Å². The Balaban J connectivity index is 1.35. The van der Waals surface area contributed by atoms with Crippen LogP contribution in [-0.4, -0.2) is 14.1 Å². The molecule has 0 N–H and O–H groups in total. The van der Waals surface area contributed by atoms with Crippen LogP contribution in [0.4, 0.5) is 5.69 Å². The molecule has 6 heteroatoms. The summed E-state index contributed by atoms with van der Waals surface area (Å²) < 4.78 is 11.1. The van der Waals surface area contributed by atoms with Crippen LogP contribution < -0.4 is 0 Å². The van der Waals surface area contributed by atoms with E-state index >= 15 is 0 Å². The molecule has 0 aliphatic heterocycles. The van der Waals surface area contributed by atoms with Crippen LogP contribution in [0.3, 0.4) is 0 Å². The Morgan fingerprint density at radius 1 is 0.492 bits per heavy atom. The SMILES string of the molecule is [C-]#[N+]c1c(-c2ccccc2)c(C#N)c(-n2c3ccccc3c3ccc4oc5ccccc5c4c32)c(-c2ccccc2)c1-n1c2cccc3c4ccncc4c4cccc1c4c32. The lowest BCUT2D eigenvalue weighted by molar-refractivity contribution is 0.669. The topological polar surface area (TPSA) is 64.0 Å². The van der Waals surface area contributed by atoms with Crippen LogP contribution in [0.15, 0.2) is 181 Å². The van der Waals surface area contributed by atoms with Crippen molar-refractivity contribution in [3.05, 3.63) is 193 Å². The van der Waals surface area contributed by atoms with Crippen molar-refractivity contribution in [2.75, 3.05) is 0 Å². The maximum atomic E-state index is 11.8. The van der Waals surface area contributed by atoms with Crippen molar-refractivity contribution in [3.63, 3.8) is 0 Å². The van der Waals surface area contributed by atoms with E-state index in [4.69, 9.17) is 4.42 Å². The molecule has 0 unspecified atom stereocenters. The molecule has 13 aromatic rings. The highest BCUT2D eigenvalue weighted by molar-refractivity contribution is 6.34. The second kappa shape index (κ2) is 12.4. The Labute approximate surface area is 348 Å². The Bertz CT molecular complexity index is 3980. The minimum atomic E-state index is 0.401. The number of nitrogens with zero attached hydrogens (tertiary/aromatic N) is 5. The fourth-order valence-corrected chi connectivity index (χ4v) is 10.3. The lowest BCUT2D eigenvalue weighted by atomic mass is 9.88. The van der Waals surface area contributed by atoms with Gasteiger partial charge in [-0.1, -0.05) is 121 Å². The molecule has 4 heterocycles. The molecule has 0 atom stereocenters. The van der Waals surface area contributed by atoms with Gasteiger partial charge in [0.05, 0.1) is 51.0 Å². The molecule has 0 spiro atoms. The Kier molecular flexibility index (Phi) is 6.76. The Hall–Kier alpha value is -8.71. The number of benzene rings is 9. The number of nitriles is 1. The third-order valence-corrected chi connectivity index (χ3v) is 12.6. The highest BCUT2D eigenvalue weighted by Gasteiger charge is 2.33. The average Bonchev–Trinajstić information content (AvgIpc) is 3.99. The first-order valence-corrected chi connectivity index (χ1v) is 20.2. The highest BCUT2D eigenvalue weighted by atomic mass is 16.3. The number of aromatic nitrogens is 3. The van der Waals surface area contributed by atoms with Crippen LogP contribution in [-0.2, 0) is 0 Å². The van der Waals surface area contributed by atoms with Crippen molar-refractivity contribution in [2.45, 2.75) is 0 Å². The quantitative estimate of drug-likeness (QED) is 0.132. The third-order valence-electron chi connectivity index (χ3n) is 12.6.